The molecule has 0 radical (unpaired) electrons. The Morgan fingerprint density at radius 1 is 1.43 bits per heavy atom. The van der Waals surface area contributed by atoms with Gasteiger partial charge in [-0.25, -0.2) is 0 Å². The van der Waals surface area contributed by atoms with Crippen LogP contribution in [0.4, 0.5) is 0 Å². The van der Waals surface area contributed by atoms with Gasteiger partial charge in [-0.2, -0.15) is 0 Å². The van der Waals surface area contributed by atoms with Gasteiger partial charge in [-0.1, -0.05) is 13.8 Å². The van der Waals surface area contributed by atoms with E-state index in [4.69, 9.17) is 5.11 Å². The first kappa shape index (κ1) is 11.5. The summed E-state index contributed by atoms with van der Waals surface area (Å²) in [5.41, 5.74) is -0.547. The van der Waals surface area contributed by atoms with E-state index in [0.717, 1.165) is 25.7 Å². The number of hydrogen-bond acceptors (Lipinski definition) is 2. The van der Waals surface area contributed by atoms with E-state index in [1.165, 1.54) is 0 Å². The van der Waals surface area contributed by atoms with Crippen molar-refractivity contribution in [2.45, 2.75) is 51.6 Å². The van der Waals surface area contributed by atoms with Crippen molar-refractivity contribution in [2.75, 3.05) is 0 Å². The third-order valence-corrected chi connectivity index (χ3v) is 3.51. The zero-order chi connectivity index (χ0) is 10.8. The van der Waals surface area contributed by atoms with Crippen molar-refractivity contribution in [2.24, 2.45) is 11.8 Å². The molecule has 2 N–H and O–H groups in total. The van der Waals surface area contributed by atoms with Crippen LogP contribution < -0.4 is 0 Å². The first-order valence-corrected chi connectivity index (χ1v) is 5.38. The molecule has 3 nitrogen and oxygen atoms in total. The van der Waals surface area contributed by atoms with E-state index in [9.17, 15) is 9.90 Å². The molecule has 0 spiro atoms. The average molecular weight is 200 g/mol. The Hall–Kier alpha value is -0.570. The van der Waals surface area contributed by atoms with Gasteiger partial charge < -0.3 is 10.2 Å². The summed E-state index contributed by atoms with van der Waals surface area (Å²) in [4.78, 5) is 10.5. The maximum atomic E-state index is 10.5. The van der Waals surface area contributed by atoms with Crippen LogP contribution in [-0.2, 0) is 4.79 Å². The highest BCUT2D eigenvalue weighted by molar-refractivity contribution is 5.67. The number of carboxylic acids is 1. The third-order valence-electron chi connectivity index (χ3n) is 3.51. The second kappa shape index (κ2) is 4.30. The van der Waals surface area contributed by atoms with Gasteiger partial charge in [-0.15, -0.1) is 0 Å². The molecule has 0 heterocycles. The largest absolute Gasteiger partial charge is 0.481 e. The first-order valence-electron chi connectivity index (χ1n) is 5.38. The second-order valence-corrected chi connectivity index (χ2v) is 4.80. The minimum Gasteiger partial charge on any atom is -0.481 e. The molecule has 3 heteroatoms. The highest BCUT2D eigenvalue weighted by atomic mass is 16.4. The molecule has 0 bridgehead atoms. The van der Waals surface area contributed by atoms with Gasteiger partial charge in [0.25, 0.3) is 0 Å². The Morgan fingerprint density at radius 2 is 1.93 bits per heavy atom. The van der Waals surface area contributed by atoms with Gasteiger partial charge in [0.1, 0.15) is 0 Å². The van der Waals surface area contributed by atoms with Crippen molar-refractivity contribution < 1.29 is 15.0 Å². The predicted molar refractivity (Wildman–Crippen MR) is 54.0 cm³/mol. The molecular weight excluding hydrogens is 180 g/mol. The standard InChI is InChI=1S/C11H20O3/c1-8(2)11(14)5-3-9(4-6-11)7-10(12)13/h8-9,14H,3-7H2,1-2H3,(H,12,13). The Bertz CT molecular complexity index is 203. The van der Waals surface area contributed by atoms with Crippen LogP contribution in [0, 0.1) is 11.8 Å². The molecule has 1 fully saturated rings. The van der Waals surface area contributed by atoms with Crippen molar-refractivity contribution >= 4 is 5.97 Å². The van der Waals surface area contributed by atoms with Gasteiger partial charge >= 0.3 is 5.97 Å². The Labute approximate surface area is 85.1 Å². The fraction of sp³-hybridized carbons (Fsp3) is 0.909. The number of carbonyl (C=O) groups is 1. The molecule has 1 rings (SSSR count). The Balaban J connectivity index is 2.41. The molecular formula is C11H20O3. The van der Waals surface area contributed by atoms with Crippen LogP contribution in [0.2, 0.25) is 0 Å². The van der Waals surface area contributed by atoms with Crippen LogP contribution in [-0.4, -0.2) is 21.8 Å². The van der Waals surface area contributed by atoms with Crippen molar-refractivity contribution in [3.63, 3.8) is 0 Å². The predicted octanol–water partition coefficient (Wildman–Crippen LogP) is 2.04. The highest BCUT2D eigenvalue weighted by Gasteiger charge is 2.36. The summed E-state index contributed by atoms with van der Waals surface area (Å²) in [6.45, 7) is 4.05. The molecule has 1 aliphatic carbocycles. The zero-order valence-electron chi connectivity index (χ0n) is 8.99. The first-order chi connectivity index (χ1) is 6.44. The van der Waals surface area contributed by atoms with Gasteiger partial charge in [-0.3, -0.25) is 4.79 Å². The Morgan fingerprint density at radius 3 is 2.29 bits per heavy atom. The number of aliphatic carboxylic acids is 1. The van der Waals surface area contributed by atoms with Crippen LogP contribution in [0.15, 0.2) is 0 Å². The van der Waals surface area contributed by atoms with E-state index < -0.39 is 11.6 Å². The molecule has 0 atom stereocenters. The number of carboxylic acid groups (broad SMARTS) is 1. The van der Waals surface area contributed by atoms with Gasteiger partial charge in [0, 0.05) is 6.42 Å². The van der Waals surface area contributed by atoms with Crippen LogP contribution in [0.1, 0.15) is 46.0 Å². The van der Waals surface area contributed by atoms with Crippen LogP contribution in [0.25, 0.3) is 0 Å². The Kier molecular flexibility index (Phi) is 3.53. The van der Waals surface area contributed by atoms with Crippen molar-refractivity contribution in [1.29, 1.82) is 0 Å². The van der Waals surface area contributed by atoms with Gasteiger partial charge in [0.15, 0.2) is 0 Å². The number of hydrogen-bond donors (Lipinski definition) is 2. The molecule has 14 heavy (non-hydrogen) atoms. The summed E-state index contributed by atoms with van der Waals surface area (Å²) in [7, 11) is 0. The third kappa shape index (κ3) is 2.71. The normalized spacial score (nSPS) is 33.3. The summed E-state index contributed by atoms with van der Waals surface area (Å²) >= 11 is 0. The highest BCUT2D eigenvalue weighted by Crippen LogP contribution is 2.37. The summed E-state index contributed by atoms with van der Waals surface area (Å²) in [5, 5.41) is 18.8. The van der Waals surface area contributed by atoms with Crippen LogP contribution in [0.5, 0.6) is 0 Å². The molecule has 0 aliphatic heterocycles. The molecule has 0 unspecified atom stereocenters. The zero-order valence-corrected chi connectivity index (χ0v) is 8.99. The minimum absolute atomic E-state index is 0.258. The quantitative estimate of drug-likeness (QED) is 0.733. The molecule has 1 aliphatic rings. The molecule has 0 aromatic heterocycles. The van der Waals surface area contributed by atoms with Crippen molar-refractivity contribution in [3.8, 4) is 0 Å². The van der Waals surface area contributed by atoms with Gasteiger partial charge in [0.2, 0.25) is 0 Å². The van der Waals surface area contributed by atoms with Crippen molar-refractivity contribution in [1.82, 2.24) is 0 Å². The fourth-order valence-electron chi connectivity index (χ4n) is 2.21. The summed E-state index contributed by atoms with van der Waals surface area (Å²) in [6, 6.07) is 0. The molecule has 0 saturated heterocycles. The summed E-state index contributed by atoms with van der Waals surface area (Å²) in [5.74, 6) is -0.176. The molecule has 0 aromatic carbocycles. The topological polar surface area (TPSA) is 57.5 Å². The monoisotopic (exact) mass is 200 g/mol. The summed E-state index contributed by atoms with van der Waals surface area (Å²) < 4.78 is 0. The second-order valence-electron chi connectivity index (χ2n) is 4.80. The SMILES string of the molecule is CC(C)C1(O)CCC(CC(=O)O)CC1. The maximum Gasteiger partial charge on any atom is 0.303 e. The fourth-order valence-corrected chi connectivity index (χ4v) is 2.21. The minimum atomic E-state index is -0.718. The van der Waals surface area contributed by atoms with E-state index >= 15 is 0 Å². The molecule has 0 aromatic rings. The van der Waals surface area contributed by atoms with Gasteiger partial charge in [0.05, 0.1) is 5.60 Å². The lowest BCUT2D eigenvalue weighted by atomic mass is 9.72. The van der Waals surface area contributed by atoms with Gasteiger partial charge in [-0.05, 0) is 37.5 Å². The molecule has 1 saturated carbocycles. The molecule has 82 valence electrons. The van der Waals surface area contributed by atoms with E-state index in [1.54, 1.807) is 0 Å². The van der Waals surface area contributed by atoms with Crippen molar-refractivity contribution in [3.05, 3.63) is 0 Å². The van der Waals surface area contributed by atoms with E-state index in [1.807, 2.05) is 13.8 Å². The lowest BCUT2D eigenvalue weighted by molar-refractivity contribution is -0.139. The van der Waals surface area contributed by atoms with E-state index in [0.29, 0.717) is 0 Å². The lowest BCUT2D eigenvalue weighted by Gasteiger charge is -2.38. The van der Waals surface area contributed by atoms with Crippen LogP contribution >= 0.6 is 0 Å². The summed E-state index contributed by atoms with van der Waals surface area (Å²) in [6.07, 6.45) is 3.46. The maximum absolute atomic E-state index is 10.5. The van der Waals surface area contributed by atoms with Crippen LogP contribution in [0.3, 0.4) is 0 Å². The van der Waals surface area contributed by atoms with E-state index in [2.05, 4.69) is 0 Å². The van der Waals surface area contributed by atoms with E-state index in [-0.39, 0.29) is 18.3 Å². The molecule has 0 amide bonds. The lowest BCUT2D eigenvalue weighted by Crippen LogP contribution is -2.39. The number of aliphatic hydroxyl groups is 1. The number of rotatable bonds is 3. The smallest absolute Gasteiger partial charge is 0.303 e. The average Bonchev–Trinajstić information content (AvgIpc) is 2.08.